The van der Waals surface area contributed by atoms with Crippen LogP contribution in [0, 0.1) is 19.8 Å². The van der Waals surface area contributed by atoms with Crippen LogP contribution in [0.3, 0.4) is 0 Å². The smallest absolute Gasteiger partial charge is 0.333 e. The van der Waals surface area contributed by atoms with Crippen LogP contribution in [0.25, 0.3) is 5.57 Å². The van der Waals surface area contributed by atoms with Crippen LogP contribution < -0.4 is 24.3 Å². The number of carbonyl (C=O) groups excluding carboxylic acids is 3. The van der Waals surface area contributed by atoms with Gasteiger partial charge in [0.1, 0.15) is 23.3 Å². The van der Waals surface area contributed by atoms with Crippen LogP contribution in [0.15, 0.2) is 54.4 Å². The lowest BCUT2D eigenvalue weighted by molar-refractivity contribution is -0.141. The first-order valence-corrected chi connectivity index (χ1v) is 13.9. The number of allylic oxidation sites excluding steroid dienone is 1. The number of nitrogens with one attached hydrogen (secondary N) is 1. The Morgan fingerprint density at radius 3 is 1.91 bits per heavy atom. The van der Waals surface area contributed by atoms with Gasteiger partial charge in [0.15, 0.2) is 11.4 Å². The lowest BCUT2D eigenvalue weighted by Crippen LogP contribution is -2.40. The zero-order valence-electron chi connectivity index (χ0n) is 25.4. The first kappa shape index (κ1) is 31.1. The summed E-state index contributed by atoms with van der Waals surface area (Å²) in [6.45, 7) is 7.06. The lowest BCUT2D eigenvalue weighted by atomic mass is 9.94. The number of pyridine rings is 1. The van der Waals surface area contributed by atoms with Crippen LogP contribution in [0.2, 0.25) is 0 Å². The molecular formula is C33H36N2O8. The Morgan fingerprint density at radius 2 is 1.42 bits per heavy atom. The molecule has 1 heterocycles. The molecular weight excluding hydrogens is 552 g/mol. The predicted octanol–water partition coefficient (Wildman–Crippen LogP) is 5.18. The summed E-state index contributed by atoms with van der Waals surface area (Å²) in [5.41, 5.74) is 3.95. The van der Waals surface area contributed by atoms with Gasteiger partial charge in [0.2, 0.25) is 5.75 Å². The van der Waals surface area contributed by atoms with E-state index in [-0.39, 0.29) is 23.1 Å². The number of hydrogen-bond donors (Lipinski definition) is 1. The Bertz CT molecular complexity index is 1520. The van der Waals surface area contributed by atoms with Crippen molar-refractivity contribution in [2.75, 3.05) is 21.3 Å². The van der Waals surface area contributed by atoms with E-state index in [9.17, 15) is 14.4 Å². The largest absolute Gasteiger partial charge is 0.496 e. The molecule has 1 atom stereocenters. The van der Waals surface area contributed by atoms with Gasteiger partial charge in [-0.15, -0.1) is 0 Å². The molecule has 10 heteroatoms. The number of benzene rings is 2. The maximum atomic E-state index is 13.3. The number of ether oxygens (including phenoxy) is 5. The third-order valence-corrected chi connectivity index (χ3v) is 7.09. The second-order valence-corrected chi connectivity index (χ2v) is 10.3. The normalized spacial score (nSPS) is 12.9. The summed E-state index contributed by atoms with van der Waals surface area (Å²) in [6, 6.07) is 11.8. The second-order valence-electron chi connectivity index (χ2n) is 10.3. The number of hydrogen-bond acceptors (Lipinski definition) is 9. The maximum Gasteiger partial charge on any atom is 0.333 e. The highest BCUT2D eigenvalue weighted by atomic mass is 16.6. The summed E-state index contributed by atoms with van der Waals surface area (Å²) < 4.78 is 27.4. The Hall–Kier alpha value is -4.86. The van der Waals surface area contributed by atoms with Crippen LogP contribution in [0.5, 0.6) is 23.0 Å². The van der Waals surface area contributed by atoms with Crippen LogP contribution in [0.4, 0.5) is 0 Å². The van der Waals surface area contributed by atoms with Gasteiger partial charge in [0.05, 0.1) is 27.2 Å². The Kier molecular flexibility index (Phi) is 9.70. The highest BCUT2D eigenvalue weighted by Gasteiger charge is 2.34. The number of aryl methyl sites for hydroxylation is 2. The average Bonchev–Trinajstić information content (AvgIpc) is 3.83. The van der Waals surface area contributed by atoms with E-state index < -0.39 is 23.9 Å². The van der Waals surface area contributed by atoms with Gasteiger partial charge in [-0.1, -0.05) is 12.1 Å². The molecule has 1 aromatic heterocycles. The first-order chi connectivity index (χ1) is 20.6. The molecule has 0 spiro atoms. The molecule has 226 valence electrons. The van der Waals surface area contributed by atoms with Crippen molar-refractivity contribution < 1.29 is 38.1 Å². The Morgan fingerprint density at radius 1 is 0.860 bits per heavy atom. The molecule has 4 rings (SSSR count). The minimum Gasteiger partial charge on any atom is -0.496 e. The number of nitrogens with zero attached hydrogens (tertiary/aromatic N) is 1. The summed E-state index contributed by atoms with van der Waals surface area (Å²) in [5.74, 6) is -0.203. The average molecular weight is 589 g/mol. The Balaban J connectivity index is 1.61. The summed E-state index contributed by atoms with van der Waals surface area (Å²) >= 11 is 0. The van der Waals surface area contributed by atoms with E-state index in [0.29, 0.717) is 11.3 Å². The van der Waals surface area contributed by atoms with Gasteiger partial charge in [-0.25, -0.2) is 9.78 Å². The van der Waals surface area contributed by atoms with E-state index >= 15 is 0 Å². The van der Waals surface area contributed by atoms with Gasteiger partial charge in [-0.05, 0) is 87.1 Å². The number of esters is 2. The van der Waals surface area contributed by atoms with Crippen molar-refractivity contribution in [3.63, 3.8) is 0 Å². The summed E-state index contributed by atoms with van der Waals surface area (Å²) in [6.07, 6.45) is 2.82. The van der Waals surface area contributed by atoms with Crippen molar-refractivity contribution in [3.8, 4) is 23.0 Å². The van der Waals surface area contributed by atoms with Crippen LogP contribution in [0.1, 0.15) is 59.4 Å². The van der Waals surface area contributed by atoms with Crippen molar-refractivity contribution in [3.05, 3.63) is 82.4 Å². The molecule has 0 unspecified atom stereocenters. The van der Waals surface area contributed by atoms with E-state index in [4.69, 9.17) is 23.7 Å². The number of amides is 1. The molecule has 0 saturated heterocycles. The standard InChI is InChI=1S/C33H36N2O8/c1-18-16-23(10-12-25(18)39-5)28(24-11-13-26(40-6)19(2)17-24)21(4)42-32(37)20(3)35-31(36)29-30(27(41-7)14-15-34-29)43-33(38)22-8-9-22/h10-17,20,22H,8-9H2,1-7H3,(H,35,36)/t20-/m0/s1. The van der Waals surface area contributed by atoms with Gasteiger partial charge in [0.25, 0.3) is 5.91 Å². The molecule has 1 N–H and O–H groups in total. The highest BCUT2D eigenvalue weighted by Crippen LogP contribution is 2.36. The first-order valence-electron chi connectivity index (χ1n) is 13.9. The van der Waals surface area contributed by atoms with E-state index in [0.717, 1.165) is 46.6 Å². The predicted molar refractivity (Wildman–Crippen MR) is 159 cm³/mol. The van der Waals surface area contributed by atoms with Crippen molar-refractivity contribution in [1.29, 1.82) is 0 Å². The van der Waals surface area contributed by atoms with E-state index in [1.165, 1.54) is 26.3 Å². The molecule has 1 aliphatic rings. The number of rotatable bonds is 11. The molecule has 1 fully saturated rings. The zero-order valence-corrected chi connectivity index (χ0v) is 25.4. The molecule has 2 aromatic carbocycles. The van der Waals surface area contributed by atoms with Gasteiger partial charge in [-0.3, -0.25) is 9.59 Å². The molecule has 0 bridgehead atoms. The van der Waals surface area contributed by atoms with Crippen LogP contribution in [-0.2, 0) is 14.3 Å². The summed E-state index contributed by atoms with van der Waals surface area (Å²) in [7, 11) is 4.61. The molecule has 1 aliphatic carbocycles. The summed E-state index contributed by atoms with van der Waals surface area (Å²) in [4.78, 5) is 42.9. The third kappa shape index (κ3) is 7.14. The van der Waals surface area contributed by atoms with E-state index in [1.54, 1.807) is 21.1 Å². The van der Waals surface area contributed by atoms with Gasteiger partial charge < -0.3 is 29.0 Å². The van der Waals surface area contributed by atoms with Crippen LogP contribution >= 0.6 is 0 Å². The number of aromatic nitrogens is 1. The monoisotopic (exact) mass is 588 g/mol. The van der Waals surface area contributed by atoms with E-state index in [1.807, 2.05) is 50.2 Å². The molecule has 43 heavy (non-hydrogen) atoms. The fourth-order valence-electron chi connectivity index (χ4n) is 4.61. The maximum absolute atomic E-state index is 13.3. The molecule has 3 aromatic rings. The summed E-state index contributed by atoms with van der Waals surface area (Å²) in [5, 5.41) is 2.60. The van der Waals surface area contributed by atoms with Gasteiger partial charge in [0, 0.05) is 17.8 Å². The molecule has 0 radical (unpaired) electrons. The van der Waals surface area contributed by atoms with Crippen molar-refractivity contribution >= 4 is 23.4 Å². The minimum atomic E-state index is -1.07. The topological polar surface area (TPSA) is 122 Å². The molecule has 0 aliphatic heterocycles. The van der Waals surface area contributed by atoms with Crippen molar-refractivity contribution in [2.24, 2.45) is 5.92 Å². The van der Waals surface area contributed by atoms with Crippen molar-refractivity contribution in [1.82, 2.24) is 10.3 Å². The van der Waals surface area contributed by atoms with Crippen molar-refractivity contribution in [2.45, 2.75) is 46.6 Å². The number of carbonyl (C=O) groups is 3. The van der Waals surface area contributed by atoms with E-state index in [2.05, 4.69) is 10.3 Å². The molecule has 1 saturated carbocycles. The third-order valence-electron chi connectivity index (χ3n) is 7.09. The Labute approximate surface area is 251 Å². The molecule has 10 nitrogen and oxygen atoms in total. The molecule has 1 amide bonds. The fourth-order valence-corrected chi connectivity index (χ4v) is 4.61. The highest BCUT2D eigenvalue weighted by molar-refractivity contribution is 5.99. The zero-order chi connectivity index (χ0) is 31.3. The van der Waals surface area contributed by atoms with Gasteiger partial charge >= 0.3 is 11.9 Å². The van der Waals surface area contributed by atoms with Gasteiger partial charge in [-0.2, -0.15) is 0 Å². The lowest BCUT2D eigenvalue weighted by Gasteiger charge is -2.19. The second kappa shape index (κ2) is 13.4. The minimum absolute atomic E-state index is 0.0944. The number of methoxy groups -OCH3 is 3. The fraction of sp³-hybridized carbons (Fsp3) is 0.333. The SMILES string of the molecule is COc1ccc(C(=C(C)OC(=O)[C@H](C)NC(=O)c2nccc(OC)c2OC(=O)C2CC2)c2ccc(OC)c(C)c2)cc1C. The quantitative estimate of drug-likeness (QED) is 0.238. The van der Waals surface area contributed by atoms with Crippen LogP contribution in [-0.4, -0.2) is 50.2 Å².